The van der Waals surface area contributed by atoms with Crippen molar-refractivity contribution < 1.29 is 28.5 Å². The first-order chi connectivity index (χ1) is 16.4. The molecular formula is C25H28N2O7. The lowest BCUT2D eigenvalue weighted by Crippen LogP contribution is -2.29. The fourth-order valence-corrected chi connectivity index (χ4v) is 3.85. The van der Waals surface area contributed by atoms with Crippen LogP contribution in [0.1, 0.15) is 34.8 Å². The zero-order valence-electron chi connectivity index (χ0n) is 19.6. The molecule has 9 nitrogen and oxygen atoms in total. The highest BCUT2D eigenvalue weighted by molar-refractivity contribution is 5.78. The number of ether oxygens (including phenoxy) is 3. The molecule has 0 aliphatic rings. The van der Waals surface area contributed by atoms with Gasteiger partial charge in [0.1, 0.15) is 11.5 Å². The SMILES string of the molecule is COc1ccc(C(CC(=O)NCCc2ccncc2)c2c(O)cc(C)oc2=O)c(OC)c1OC. The number of benzene rings is 1. The molecule has 0 aliphatic heterocycles. The number of amides is 1. The van der Waals surface area contributed by atoms with E-state index < -0.39 is 11.5 Å². The molecule has 3 rings (SSSR count). The Labute approximate surface area is 197 Å². The number of aryl methyl sites for hydroxylation is 1. The van der Waals surface area contributed by atoms with E-state index in [-0.39, 0.29) is 35.2 Å². The van der Waals surface area contributed by atoms with Gasteiger partial charge in [-0.15, -0.1) is 0 Å². The second kappa shape index (κ2) is 11.2. The Morgan fingerprint density at radius 1 is 1.09 bits per heavy atom. The van der Waals surface area contributed by atoms with Crippen LogP contribution in [-0.2, 0) is 11.2 Å². The van der Waals surface area contributed by atoms with Crippen molar-refractivity contribution in [3.8, 4) is 23.0 Å². The average Bonchev–Trinajstić information content (AvgIpc) is 2.82. The average molecular weight is 469 g/mol. The number of carbonyl (C=O) groups excluding carboxylic acids is 1. The number of pyridine rings is 1. The summed E-state index contributed by atoms with van der Waals surface area (Å²) in [6.45, 7) is 1.95. The number of nitrogens with one attached hydrogen (secondary N) is 1. The Morgan fingerprint density at radius 2 is 1.79 bits per heavy atom. The molecule has 0 aliphatic carbocycles. The van der Waals surface area contributed by atoms with E-state index in [1.165, 1.54) is 27.4 Å². The standard InChI is InChI=1S/C25H28N2O7/c1-15-13-19(28)22(25(30)34-15)18(14-21(29)27-12-9-16-7-10-26-11-8-16)17-5-6-20(31-2)24(33-4)23(17)32-3/h5-8,10-11,13,18,28H,9,12,14H2,1-4H3,(H,27,29). The van der Waals surface area contributed by atoms with Crippen molar-refractivity contribution in [3.63, 3.8) is 0 Å². The smallest absolute Gasteiger partial charge is 0.343 e. The van der Waals surface area contributed by atoms with Gasteiger partial charge in [0, 0.05) is 42.9 Å². The van der Waals surface area contributed by atoms with Crippen LogP contribution in [0.3, 0.4) is 0 Å². The van der Waals surface area contributed by atoms with Crippen LogP contribution in [0.15, 0.2) is 51.9 Å². The van der Waals surface area contributed by atoms with Crippen molar-refractivity contribution >= 4 is 5.91 Å². The van der Waals surface area contributed by atoms with Crippen molar-refractivity contribution in [2.75, 3.05) is 27.9 Å². The van der Waals surface area contributed by atoms with E-state index in [1.54, 1.807) is 31.5 Å². The first-order valence-corrected chi connectivity index (χ1v) is 10.7. The van der Waals surface area contributed by atoms with Crippen LogP contribution in [-0.4, -0.2) is 43.9 Å². The van der Waals surface area contributed by atoms with Crippen molar-refractivity contribution in [1.29, 1.82) is 0 Å². The first kappa shape index (κ1) is 24.6. The number of hydrogen-bond acceptors (Lipinski definition) is 8. The molecular weight excluding hydrogens is 440 g/mol. The highest BCUT2D eigenvalue weighted by atomic mass is 16.5. The quantitative estimate of drug-likeness (QED) is 0.466. The van der Waals surface area contributed by atoms with Gasteiger partial charge in [-0.3, -0.25) is 9.78 Å². The fraction of sp³-hybridized carbons (Fsp3) is 0.320. The van der Waals surface area contributed by atoms with Crippen LogP contribution in [0.5, 0.6) is 23.0 Å². The van der Waals surface area contributed by atoms with Gasteiger partial charge in [-0.1, -0.05) is 6.07 Å². The summed E-state index contributed by atoms with van der Waals surface area (Å²) in [6, 6.07) is 8.42. The molecule has 0 radical (unpaired) electrons. The highest BCUT2D eigenvalue weighted by Gasteiger charge is 2.30. The number of rotatable bonds is 10. The third-order valence-corrected chi connectivity index (χ3v) is 5.42. The molecule has 2 aromatic heterocycles. The van der Waals surface area contributed by atoms with Crippen LogP contribution >= 0.6 is 0 Å². The Balaban J connectivity index is 1.98. The molecule has 34 heavy (non-hydrogen) atoms. The molecule has 1 amide bonds. The molecule has 180 valence electrons. The van der Waals surface area contributed by atoms with Crippen molar-refractivity contribution in [3.05, 3.63) is 75.6 Å². The molecule has 1 aromatic carbocycles. The summed E-state index contributed by atoms with van der Waals surface area (Å²) in [5.41, 5.74) is 0.727. The van der Waals surface area contributed by atoms with Crippen LogP contribution < -0.4 is 25.2 Å². The zero-order valence-corrected chi connectivity index (χ0v) is 19.6. The van der Waals surface area contributed by atoms with Gasteiger partial charge >= 0.3 is 5.63 Å². The summed E-state index contributed by atoms with van der Waals surface area (Å²) in [5, 5.41) is 13.5. The summed E-state index contributed by atoms with van der Waals surface area (Å²) in [6.07, 6.45) is 3.87. The summed E-state index contributed by atoms with van der Waals surface area (Å²) in [5.74, 6) is -0.171. The summed E-state index contributed by atoms with van der Waals surface area (Å²) in [7, 11) is 4.40. The van der Waals surface area contributed by atoms with Crippen LogP contribution in [0.25, 0.3) is 0 Å². The van der Waals surface area contributed by atoms with Crippen molar-refractivity contribution in [2.45, 2.75) is 25.7 Å². The first-order valence-electron chi connectivity index (χ1n) is 10.7. The normalized spacial score (nSPS) is 11.5. The number of carbonyl (C=O) groups is 1. The maximum Gasteiger partial charge on any atom is 0.343 e. The van der Waals surface area contributed by atoms with E-state index in [1.807, 2.05) is 12.1 Å². The largest absolute Gasteiger partial charge is 0.507 e. The van der Waals surface area contributed by atoms with Gasteiger partial charge in [0.25, 0.3) is 0 Å². The van der Waals surface area contributed by atoms with Crippen LogP contribution in [0, 0.1) is 6.92 Å². The Kier molecular flexibility index (Phi) is 8.13. The second-order valence-electron chi connectivity index (χ2n) is 7.58. The van der Waals surface area contributed by atoms with Gasteiger partial charge in [0.05, 0.1) is 26.9 Å². The minimum atomic E-state index is -0.868. The molecule has 0 fully saturated rings. The molecule has 2 heterocycles. The minimum absolute atomic E-state index is 0.0413. The Bertz CT molecular complexity index is 1190. The Hall–Kier alpha value is -4.01. The third-order valence-electron chi connectivity index (χ3n) is 5.42. The van der Waals surface area contributed by atoms with Gasteiger partial charge in [0.2, 0.25) is 11.7 Å². The maximum absolute atomic E-state index is 12.9. The monoisotopic (exact) mass is 468 g/mol. The van der Waals surface area contributed by atoms with E-state index in [0.29, 0.717) is 30.0 Å². The van der Waals surface area contributed by atoms with E-state index in [0.717, 1.165) is 5.56 Å². The van der Waals surface area contributed by atoms with Crippen LogP contribution in [0.2, 0.25) is 0 Å². The van der Waals surface area contributed by atoms with Gasteiger partial charge in [-0.25, -0.2) is 4.79 Å². The minimum Gasteiger partial charge on any atom is -0.507 e. The number of aromatic hydroxyl groups is 1. The molecule has 3 aromatic rings. The predicted octanol–water partition coefficient (Wildman–Crippen LogP) is 2.96. The third kappa shape index (κ3) is 5.48. The van der Waals surface area contributed by atoms with Gasteiger partial charge < -0.3 is 29.1 Å². The maximum atomic E-state index is 12.9. The molecule has 0 bridgehead atoms. The Morgan fingerprint density at radius 3 is 2.41 bits per heavy atom. The molecule has 9 heteroatoms. The molecule has 1 unspecified atom stereocenters. The zero-order chi connectivity index (χ0) is 24.7. The molecule has 2 N–H and O–H groups in total. The van der Waals surface area contributed by atoms with E-state index in [4.69, 9.17) is 18.6 Å². The van der Waals surface area contributed by atoms with Crippen LogP contribution in [0.4, 0.5) is 0 Å². The van der Waals surface area contributed by atoms with Gasteiger partial charge in [0.15, 0.2) is 11.5 Å². The molecule has 0 saturated carbocycles. The lowest BCUT2D eigenvalue weighted by atomic mass is 9.87. The number of hydrogen-bond donors (Lipinski definition) is 2. The molecule has 0 saturated heterocycles. The fourth-order valence-electron chi connectivity index (χ4n) is 3.85. The summed E-state index contributed by atoms with van der Waals surface area (Å²) in [4.78, 5) is 29.7. The second-order valence-corrected chi connectivity index (χ2v) is 7.58. The number of methoxy groups -OCH3 is 3. The number of aromatic nitrogens is 1. The number of nitrogens with zero attached hydrogens (tertiary/aromatic N) is 1. The predicted molar refractivity (Wildman–Crippen MR) is 125 cm³/mol. The van der Waals surface area contributed by atoms with E-state index >= 15 is 0 Å². The van der Waals surface area contributed by atoms with E-state index in [9.17, 15) is 14.7 Å². The molecule has 0 spiro atoms. The summed E-state index contributed by atoms with van der Waals surface area (Å²) >= 11 is 0. The summed E-state index contributed by atoms with van der Waals surface area (Å²) < 4.78 is 21.6. The van der Waals surface area contributed by atoms with Crippen molar-refractivity contribution in [1.82, 2.24) is 10.3 Å². The lowest BCUT2D eigenvalue weighted by Gasteiger charge is -2.22. The van der Waals surface area contributed by atoms with Gasteiger partial charge in [-0.2, -0.15) is 0 Å². The van der Waals surface area contributed by atoms with Gasteiger partial charge in [-0.05, 0) is 37.1 Å². The van der Waals surface area contributed by atoms with E-state index in [2.05, 4.69) is 10.3 Å². The lowest BCUT2D eigenvalue weighted by molar-refractivity contribution is -0.121. The van der Waals surface area contributed by atoms with Crippen molar-refractivity contribution in [2.24, 2.45) is 0 Å². The highest BCUT2D eigenvalue weighted by Crippen LogP contribution is 2.45. The molecule has 1 atom stereocenters. The topological polar surface area (TPSA) is 120 Å².